The predicted molar refractivity (Wildman–Crippen MR) is 96.5 cm³/mol. The lowest BCUT2D eigenvalue weighted by Gasteiger charge is -2.16. The van der Waals surface area contributed by atoms with Gasteiger partial charge in [0.2, 0.25) is 0 Å². The van der Waals surface area contributed by atoms with E-state index in [1.807, 2.05) is 0 Å². The molecule has 1 heteroatoms. The number of fused-ring (bicyclic) bond motifs is 3. The van der Waals surface area contributed by atoms with E-state index in [0.29, 0.717) is 0 Å². The summed E-state index contributed by atoms with van der Waals surface area (Å²) in [6.07, 6.45) is 2.39. The quantitative estimate of drug-likeness (QED) is 0.521. The third-order valence-corrected chi connectivity index (χ3v) is 3.72. The smallest absolute Gasteiger partial charge is 0.127 e. The van der Waals surface area contributed by atoms with E-state index in [2.05, 4.69) is 82.3 Å². The first kappa shape index (κ1) is 14.6. The largest absolute Gasteiger partial charge is 0.490 e. The molecule has 0 bridgehead atoms. The van der Waals surface area contributed by atoms with Crippen molar-refractivity contribution in [3.63, 3.8) is 0 Å². The molecule has 3 rings (SSSR count). The van der Waals surface area contributed by atoms with E-state index in [1.54, 1.807) is 0 Å². The van der Waals surface area contributed by atoms with Crippen molar-refractivity contribution in [1.29, 1.82) is 0 Å². The van der Waals surface area contributed by atoms with Crippen LogP contribution >= 0.6 is 0 Å². The van der Waals surface area contributed by atoms with Crippen LogP contribution in [0.2, 0.25) is 0 Å². The zero-order valence-electron chi connectivity index (χ0n) is 13.7. The van der Waals surface area contributed by atoms with Gasteiger partial charge >= 0.3 is 0 Å². The highest BCUT2D eigenvalue weighted by Gasteiger charge is 2.10. The van der Waals surface area contributed by atoms with Crippen LogP contribution in [-0.4, -0.2) is 6.10 Å². The molecular weight excluding hydrogens is 268 g/mol. The molecule has 0 aliphatic heterocycles. The first-order valence-electron chi connectivity index (χ1n) is 7.82. The maximum Gasteiger partial charge on any atom is 0.127 e. The maximum atomic E-state index is 6.02. The Morgan fingerprint density at radius 2 is 1.59 bits per heavy atom. The summed E-state index contributed by atoms with van der Waals surface area (Å²) in [7, 11) is 0. The molecule has 0 radical (unpaired) electrons. The highest BCUT2D eigenvalue weighted by molar-refractivity contribution is 6.10. The fraction of sp³-hybridized carbons (Fsp3) is 0.238. The Bertz CT molecular complexity index is 852. The lowest BCUT2D eigenvalue weighted by atomic mass is 9.97. The van der Waals surface area contributed by atoms with Gasteiger partial charge in [-0.3, -0.25) is 0 Å². The van der Waals surface area contributed by atoms with Crippen molar-refractivity contribution >= 4 is 27.6 Å². The summed E-state index contributed by atoms with van der Waals surface area (Å²) < 4.78 is 6.02. The normalized spacial score (nSPS) is 11.1. The molecule has 22 heavy (non-hydrogen) atoms. The zero-order chi connectivity index (χ0) is 15.7. The van der Waals surface area contributed by atoms with Crippen molar-refractivity contribution in [2.24, 2.45) is 0 Å². The molecule has 0 spiro atoms. The number of ether oxygens (including phenoxy) is 1. The SMILES string of the molecule is CC(C)=Cc1c(OC(C)C)ccc2c1ccc1ccccc12. The molecule has 0 fully saturated rings. The van der Waals surface area contributed by atoms with Gasteiger partial charge in [-0.25, -0.2) is 0 Å². The topological polar surface area (TPSA) is 9.23 Å². The summed E-state index contributed by atoms with van der Waals surface area (Å²) >= 11 is 0. The van der Waals surface area contributed by atoms with E-state index in [-0.39, 0.29) is 6.10 Å². The van der Waals surface area contributed by atoms with Gasteiger partial charge in [0, 0.05) is 5.56 Å². The highest BCUT2D eigenvalue weighted by atomic mass is 16.5. The van der Waals surface area contributed by atoms with Gasteiger partial charge in [0.1, 0.15) is 5.75 Å². The third-order valence-electron chi connectivity index (χ3n) is 3.72. The molecule has 0 atom stereocenters. The summed E-state index contributed by atoms with van der Waals surface area (Å²) in [6.45, 7) is 8.38. The van der Waals surface area contributed by atoms with E-state index >= 15 is 0 Å². The molecule has 0 saturated heterocycles. The lowest BCUT2D eigenvalue weighted by molar-refractivity contribution is 0.242. The van der Waals surface area contributed by atoms with Gasteiger partial charge in [-0.2, -0.15) is 0 Å². The van der Waals surface area contributed by atoms with Crippen LogP contribution in [-0.2, 0) is 0 Å². The van der Waals surface area contributed by atoms with E-state index in [0.717, 1.165) is 5.75 Å². The van der Waals surface area contributed by atoms with Crippen molar-refractivity contribution in [2.45, 2.75) is 33.8 Å². The molecule has 1 nitrogen and oxygen atoms in total. The van der Waals surface area contributed by atoms with Gasteiger partial charge in [0.15, 0.2) is 0 Å². The monoisotopic (exact) mass is 290 g/mol. The molecular formula is C21H22O. The summed E-state index contributed by atoms with van der Waals surface area (Å²) in [5.41, 5.74) is 2.45. The molecule has 0 aliphatic carbocycles. The number of hydrogen-bond acceptors (Lipinski definition) is 1. The van der Waals surface area contributed by atoms with Crippen molar-refractivity contribution in [2.75, 3.05) is 0 Å². The van der Waals surface area contributed by atoms with Crippen LogP contribution in [0.5, 0.6) is 5.75 Å². The summed E-state index contributed by atoms with van der Waals surface area (Å²) in [5, 5.41) is 5.09. The van der Waals surface area contributed by atoms with Crippen molar-refractivity contribution < 1.29 is 4.74 Å². The molecule has 0 N–H and O–H groups in total. The van der Waals surface area contributed by atoms with Crippen molar-refractivity contribution in [3.8, 4) is 5.75 Å². The van der Waals surface area contributed by atoms with Crippen LogP contribution in [0.15, 0.2) is 54.1 Å². The van der Waals surface area contributed by atoms with Gasteiger partial charge in [-0.1, -0.05) is 54.1 Å². The van der Waals surface area contributed by atoms with Crippen LogP contribution in [0.4, 0.5) is 0 Å². The van der Waals surface area contributed by atoms with Gasteiger partial charge in [-0.05, 0) is 55.3 Å². The highest BCUT2D eigenvalue weighted by Crippen LogP contribution is 2.34. The van der Waals surface area contributed by atoms with Crippen LogP contribution in [0, 0.1) is 0 Å². The second-order valence-corrected chi connectivity index (χ2v) is 6.25. The molecule has 0 aliphatic rings. The Balaban J connectivity index is 2.36. The van der Waals surface area contributed by atoms with Crippen molar-refractivity contribution in [3.05, 3.63) is 59.7 Å². The minimum atomic E-state index is 0.169. The summed E-state index contributed by atoms with van der Waals surface area (Å²) in [5.74, 6) is 0.957. The maximum absolute atomic E-state index is 6.02. The number of benzene rings is 3. The molecule has 0 unspecified atom stereocenters. The van der Waals surface area contributed by atoms with Crippen LogP contribution in [0.3, 0.4) is 0 Å². The fourth-order valence-electron chi connectivity index (χ4n) is 2.89. The summed E-state index contributed by atoms with van der Waals surface area (Å²) in [4.78, 5) is 0. The number of allylic oxidation sites excluding steroid dienone is 1. The summed E-state index contributed by atoms with van der Waals surface area (Å²) in [6, 6.07) is 17.2. The van der Waals surface area contributed by atoms with Crippen molar-refractivity contribution in [1.82, 2.24) is 0 Å². The zero-order valence-corrected chi connectivity index (χ0v) is 13.7. The molecule has 112 valence electrons. The van der Waals surface area contributed by atoms with E-state index in [4.69, 9.17) is 4.74 Å². The van der Waals surface area contributed by atoms with E-state index < -0.39 is 0 Å². The Kier molecular flexibility index (Phi) is 3.89. The van der Waals surface area contributed by atoms with Gasteiger partial charge in [-0.15, -0.1) is 0 Å². The molecule has 0 saturated carbocycles. The van der Waals surface area contributed by atoms with Crippen LogP contribution < -0.4 is 4.74 Å². The van der Waals surface area contributed by atoms with Crippen LogP contribution in [0.1, 0.15) is 33.3 Å². The van der Waals surface area contributed by atoms with Crippen LogP contribution in [0.25, 0.3) is 27.6 Å². The Hall–Kier alpha value is -2.28. The number of hydrogen-bond donors (Lipinski definition) is 0. The third kappa shape index (κ3) is 2.71. The average Bonchev–Trinajstić information content (AvgIpc) is 2.48. The first-order valence-corrected chi connectivity index (χ1v) is 7.82. The molecule has 3 aromatic carbocycles. The first-order chi connectivity index (χ1) is 10.6. The minimum absolute atomic E-state index is 0.169. The van der Waals surface area contributed by atoms with Gasteiger partial charge < -0.3 is 4.74 Å². The van der Waals surface area contributed by atoms with Gasteiger partial charge in [0.05, 0.1) is 6.10 Å². The minimum Gasteiger partial charge on any atom is -0.490 e. The predicted octanol–water partition coefficient (Wildman–Crippen LogP) is 6.20. The molecule has 0 aromatic heterocycles. The molecule has 3 aromatic rings. The molecule has 0 heterocycles. The van der Waals surface area contributed by atoms with Gasteiger partial charge in [0.25, 0.3) is 0 Å². The average molecular weight is 290 g/mol. The second-order valence-electron chi connectivity index (χ2n) is 6.25. The standard InChI is InChI=1S/C21H22O/c1-14(2)13-20-19-10-9-16-7-5-6-8-17(16)18(19)11-12-21(20)22-15(3)4/h5-13,15H,1-4H3. The number of rotatable bonds is 3. The Morgan fingerprint density at radius 3 is 2.32 bits per heavy atom. The Labute approximate surface area is 132 Å². The second kappa shape index (κ2) is 5.84. The fourth-order valence-corrected chi connectivity index (χ4v) is 2.89. The molecule has 0 amide bonds. The van der Waals surface area contributed by atoms with E-state index in [9.17, 15) is 0 Å². The van der Waals surface area contributed by atoms with E-state index in [1.165, 1.54) is 32.7 Å². The lowest BCUT2D eigenvalue weighted by Crippen LogP contribution is -2.06. The Morgan fingerprint density at radius 1 is 0.864 bits per heavy atom.